The molecule has 1 N–H and O–H groups in total. The van der Waals surface area contributed by atoms with Crippen LogP contribution in [0.15, 0.2) is 90.1 Å². The first-order valence-electron chi connectivity index (χ1n) is 10.0. The number of aliphatic hydroxyl groups excluding tert-OH is 1. The van der Waals surface area contributed by atoms with Crippen LogP contribution < -0.4 is 4.74 Å². The first kappa shape index (κ1) is 20.2. The molecule has 32 heavy (non-hydrogen) atoms. The zero-order valence-corrected chi connectivity index (χ0v) is 18.1. The molecule has 2 aromatic heterocycles. The zero-order valence-electron chi connectivity index (χ0n) is 17.3. The van der Waals surface area contributed by atoms with E-state index < -0.39 is 16.6 Å². The predicted octanol–water partition coefficient (Wildman–Crippen LogP) is 4.59. The number of aliphatic hydroxyl groups is 1. The molecule has 0 aliphatic heterocycles. The largest absolute Gasteiger partial charge is 0.497 e. The van der Waals surface area contributed by atoms with Gasteiger partial charge >= 0.3 is 0 Å². The van der Waals surface area contributed by atoms with Gasteiger partial charge in [-0.2, -0.15) is 0 Å². The number of aromatic nitrogens is 2. The van der Waals surface area contributed by atoms with Crippen LogP contribution in [0, 0.1) is 0 Å². The molecule has 0 unspecified atom stereocenters. The summed E-state index contributed by atoms with van der Waals surface area (Å²) in [5.74, 6) is 0.589. The number of nitrogens with zero attached hydrogens (tertiary/aromatic N) is 2. The maximum atomic E-state index is 13.7. The molecule has 0 atom stereocenters. The first-order chi connectivity index (χ1) is 15.6. The van der Waals surface area contributed by atoms with E-state index in [1.54, 1.807) is 68.0 Å². The van der Waals surface area contributed by atoms with E-state index in [2.05, 4.69) is 4.98 Å². The Morgan fingerprint density at radius 1 is 0.938 bits per heavy atom. The first-order valence-corrected chi connectivity index (χ1v) is 11.5. The van der Waals surface area contributed by atoms with Crippen molar-refractivity contribution >= 4 is 31.7 Å². The van der Waals surface area contributed by atoms with Crippen LogP contribution in [0.4, 0.5) is 0 Å². The van der Waals surface area contributed by atoms with Crippen LogP contribution in [0.3, 0.4) is 0 Å². The topological polar surface area (TPSA) is 81.4 Å². The second-order valence-corrected chi connectivity index (χ2v) is 9.14. The van der Waals surface area contributed by atoms with Gasteiger partial charge in [0.1, 0.15) is 5.75 Å². The Labute approximate surface area is 185 Å². The van der Waals surface area contributed by atoms with Crippen LogP contribution >= 0.6 is 0 Å². The molecule has 0 saturated carbocycles. The molecule has 0 saturated heterocycles. The Hall–Kier alpha value is -3.68. The van der Waals surface area contributed by atoms with Crippen LogP contribution in [-0.4, -0.2) is 29.6 Å². The van der Waals surface area contributed by atoms with Gasteiger partial charge in [-0.25, -0.2) is 12.4 Å². The summed E-state index contributed by atoms with van der Waals surface area (Å²) in [4.78, 5) is 4.52. The van der Waals surface area contributed by atoms with Crippen molar-refractivity contribution < 1.29 is 18.3 Å². The van der Waals surface area contributed by atoms with E-state index >= 15 is 0 Å². The number of rotatable bonds is 5. The minimum Gasteiger partial charge on any atom is -0.497 e. The molecule has 0 spiro atoms. The number of fused-ring (bicyclic) bond motifs is 2. The van der Waals surface area contributed by atoms with Crippen LogP contribution in [0.2, 0.25) is 0 Å². The Bertz CT molecular complexity index is 1550. The summed E-state index contributed by atoms with van der Waals surface area (Å²) in [6, 6.07) is 21.2. The summed E-state index contributed by atoms with van der Waals surface area (Å²) in [5.41, 5.74) is 2.09. The second kappa shape index (κ2) is 7.78. The fraction of sp³-hybridized carbons (Fsp3) is 0.0800. The summed E-state index contributed by atoms with van der Waals surface area (Å²) in [5, 5.41) is 12.9. The molecule has 5 rings (SSSR count). The molecular formula is C25H20N2O4S. The molecule has 0 aliphatic rings. The van der Waals surface area contributed by atoms with Crippen LogP contribution in [0.25, 0.3) is 32.8 Å². The van der Waals surface area contributed by atoms with Gasteiger partial charge in [0, 0.05) is 34.3 Å². The summed E-state index contributed by atoms with van der Waals surface area (Å²) >= 11 is 0. The summed E-state index contributed by atoms with van der Waals surface area (Å²) in [6.45, 7) is -0.471. The maximum Gasteiger partial charge on any atom is 0.268 e. The molecule has 6 nitrogen and oxygen atoms in total. The number of hydrogen-bond acceptors (Lipinski definition) is 5. The highest BCUT2D eigenvalue weighted by atomic mass is 32.2. The van der Waals surface area contributed by atoms with Gasteiger partial charge in [0.05, 0.1) is 29.8 Å². The normalized spacial score (nSPS) is 11.8. The minimum absolute atomic E-state index is 0.144. The van der Waals surface area contributed by atoms with Gasteiger partial charge in [-0.1, -0.05) is 42.5 Å². The third kappa shape index (κ3) is 3.05. The van der Waals surface area contributed by atoms with Gasteiger partial charge in [-0.05, 0) is 35.7 Å². The van der Waals surface area contributed by atoms with E-state index in [1.807, 2.05) is 24.3 Å². The highest BCUT2D eigenvalue weighted by molar-refractivity contribution is 7.90. The Kier molecular flexibility index (Phi) is 4.92. The van der Waals surface area contributed by atoms with Gasteiger partial charge < -0.3 is 9.84 Å². The molecule has 7 heteroatoms. The fourth-order valence-electron chi connectivity index (χ4n) is 4.15. The van der Waals surface area contributed by atoms with Gasteiger partial charge in [0.25, 0.3) is 10.0 Å². The maximum absolute atomic E-state index is 13.7. The van der Waals surface area contributed by atoms with Gasteiger partial charge in [-0.3, -0.25) is 4.98 Å². The molecular weight excluding hydrogens is 424 g/mol. The Morgan fingerprint density at radius 2 is 1.69 bits per heavy atom. The molecule has 0 aliphatic carbocycles. The van der Waals surface area contributed by atoms with E-state index in [-0.39, 0.29) is 10.6 Å². The molecule has 5 aromatic rings. The lowest BCUT2D eigenvalue weighted by Crippen LogP contribution is -2.16. The Morgan fingerprint density at radius 3 is 2.44 bits per heavy atom. The molecule has 160 valence electrons. The number of methoxy groups -OCH3 is 1. The molecule has 0 radical (unpaired) electrons. The number of hydrogen-bond donors (Lipinski definition) is 1. The Balaban J connectivity index is 1.94. The van der Waals surface area contributed by atoms with Crippen molar-refractivity contribution in [1.82, 2.24) is 8.96 Å². The molecule has 3 aromatic carbocycles. The number of ether oxygens (including phenoxy) is 1. The van der Waals surface area contributed by atoms with Crippen LogP contribution in [0.5, 0.6) is 5.75 Å². The molecule has 0 bridgehead atoms. The predicted molar refractivity (Wildman–Crippen MR) is 124 cm³/mol. The summed E-state index contributed by atoms with van der Waals surface area (Å²) in [6.07, 6.45) is 3.47. The molecule has 0 amide bonds. The third-order valence-corrected chi connectivity index (χ3v) is 7.36. The smallest absolute Gasteiger partial charge is 0.268 e. The second-order valence-electron chi connectivity index (χ2n) is 7.35. The zero-order chi connectivity index (χ0) is 22.3. The monoisotopic (exact) mass is 444 g/mol. The minimum atomic E-state index is -3.97. The van der Waals surface area contributed by atoms with Crippen LogP contribution in [0.1, 0.15) is 5.69 Å². The van der Waals surface area contributed by atoms with Crippen molar-refractivity contribution in [2.75, 3.05) is 7.11 Å². The lowest BCUT2D eigenvalue weighted by atomic mass is 9.98. The van der Waals surface area contributed by atoms with Gasteiger partial charge in [-0.15, -0.1) is 0 Å². The van der Waals surface area contributed by atoms with Crippen molar-refractivity contribution in [3.05, 3.63) is 90.9 Å². The molecule has 0 fully saturated rings. The lowest BCUT2D eigenvalue weighted by molar-refractivity contribution is 0.276. The van der Waals surface area contributed by atoms with Crippen molar-refractivity contribution in [1.29, 1.82) is 0 Å². The number of benzene rings is 3. The highest BCUT2D eigenvalue weighted by Crippen LogP contribution is 2.41. The van der Waals surface area contributed by atoms with Crippen molar-refractivity contribution in [3.8, 4) is 16.9 Å². The van der Waals surface area contributed by atoms with E-state index in [0.717, 1.165) is 16.3 Å². The van der Waals surface area contributed by atoms with E-state index in [4.69, 9.17) is 4.74 Å². The number of pyridine rings is 1. The quantitative estimate of drug-likeness (QED) is 0.429. The average molecular weight is 445 g/mol. The standard InChI is InChI=1S/C25H20N2O4S/c1-31-18-11-12-23-21(13-18)25(22-15-26-14-17-7-5-6-10-20(17)22)24(16-28)27(23)32(29,30)19-8-3-2-4-9-19/h2-15,28H,16H2,1H3. The summed E-state index contributed by atoms with van der Waals surface area (Å²) in [7, 11) is -2.41. The van der Waals surface area contributed by atoms with Crippen molar-refractivity contribution in [2.24, 2.45) is 0 Å². The fourth-order valence-corrected chi connectivity index (χ4v) is 5.72. The van der Waals surface area contributed by atoms with E-state index in [0.29, 0.717) is 22.2 Å². The summed E-state index contributed by atoms with van der Waals surface area (Å²) < 4.78 is 34.0. The average Bonchev–Trinajstić information content (AvgIpc) is 3.18. The van der Waals surface area contributed by atoms with E-state index in [1.165, 1.54) is 3.97 Å². The lowest BCUT2D eigenvalue weighted by Gasteiger charge is -2.12. The van der Waals surface area contributed by atoms with Crippen LogP contribution in [-0.2, 0) is 16.6 Å². The van der Waals surface area contributed by atoms with Gasteiger partial charge in [0.2, 0.25) is 0 Å². The van der Waals surface area contributed by atoms with Gasteiger partial charge in [0.15, 0.2) is 0 Å². The highest BCUT2D eigenvalue weighted by Gasteiger charge is 2.28. The van der Waals surface area contributed by atoms with E-state index in [9.17, 15) is 13.5 Å². The van der Waals surface area contributed by atoms with Crippen molar-refractivity contribution in [3.63, 3.8) is 0 Å². The third-order valence-electron chi connectivity index (χ3n) is 5.59. The van der Waals surface area contributed by atoms with Crippen molar-refractivity contribution in [2.45, 2.75) is 11.5 Å². The molecule has 2 heterocycles. The SMILES string of the molecule is COc1ccc2c(c1)c(-c1cncc3ccccc13)c(CO)n2S(=O)(=O)c1ccccc1.